The number of carbonyl (C=O) groups excluding carboxylic acids is 1. The second kappa shape index (κ2) is 8.48. The predicted octanol–water partition coefficient (Wildman–Crippen LogP) is 2.18. The molecule has 0 bridgehead atoms. The van der Waals surface area contributed by atoms with Gasteiger partial charge in [0.05, 0.1) is 6.54 Å². The highest BCUT2D eigenvalue weighted by Gasteiger charge is 2.04. The van der Waals surface area contributed by atoms with Gasteiger partial charge in [-0.2, -0.15) is 0 Å². The number of hydrogen-bond donors (Lipinski definition) is 2. The summed E-state index contributed by atoms with van der Waals surface area (Å²) in [5, 5.41) is 6.10. The van der Waals surface area contributed by atoms with Crippen LogP contribution in [0.1, 0.15) is 37.7 Å². The number of hydrogen-bond acceptors (Lipinski definition) is 3. The van der Waals surface area contributed by atoms with E-state index in [1.807, 2.05) is 12.1 Å². The molecule has 0 aromatic carbocycles. The fourth-order valence-corrected chi connectivity index (χ4v) is 2.35. The van der Waals surface area contributed by atoms with Crippen molar-refractivity contribution in [3.8, 4) is 0 Å². The molecule has 108 valence electrons. The molecule has 4 nitrogen and oxygen atoms in total. The van der Waals surface area contributed by atoms with Crippen LogP contribution in [0.25, 0.3) is 0 Å². The van der Waals surface area contributed by atoms with E-state index < -0.39 is 0 Å². The van der Waals surface area contributed by atoms with E-state index in [9.17, 15) is 4.79 Å². The molecule has 0 aliphatic heterocycles. The first kappa shape index (κ1) is 14.7. The van der Waals surface area contributed by atoms with Gasteiger partial charge in [-0.15, -0.1) is 0 Å². The van der Waals surface area contributed by atoms with Crippen molar-refractivity contribution in [2.24, 2.45) is 0 Å². The zero-order chi connectivity index (χ0) is 14.0. The van der Waals surface area contributed by atoms with Crippen LogP contribution in [0.4, 0.5) is 0 Å². The highest BCUT2D eigenvalue weighted by atomic mass is 16.1. The fourth-order valence-electron chi connectivity index (χ4n) is 2.35. The van der Waals surface area contributed by atoms with Crippen LogP contribution in [0, 0.1) is 0 Å². The summed E-state index contributed by atoms with van der Waals surface area (Å²) in [4.78, 5) is 15.6. The zero-order valence-electron chi connectivity index (χ0n) is 11.9. The maximum atomic E-state index is 11.7. The lowest BCUT2D eigenvalue weighted by atomic mass is 9.97. The van der Waals surface area contributed by atoms with Crippen LogP contribution < -0.4 is 10.6 Å². The van der Waals surface area contributed by atoms with Crippen LogP contribution in [0.3, 0.4) is 0 Å². The molecule has 2 rings (SSSR count). The Labute approximate surface area is 120 Å². The minimum absolute atomic E-state index is 0.0411. The number of nitrogens with zero attached hydrogens (tertiary/aromatic N) is 1. The van der Waals surface area contributed by atoms with E-state index in [0.29, 0.717) is 13.1 Å². The van der Waals surface area contributed by atoms with E-state index in [4.69, 9.17) is 0 Å². The number of allylic oxidation sites excluding steroid dienone is 1. The molecule has 0 saturated carbocycles. The standard InChI is InChI=1S/C16H23N3O/c20-16(19-12-15-7-9-17-10-8-15)13-18-11-6-14-4-2-1-3-5-14/h4,7-10,18H,1-3,5-6,11-13H2,(H,19,20). The van der Waals surface area contributed by atoms with Crippen LogP contribution in [-0.2, 0) is 11.3 Å². The van der Waals surface area contributed by atoms with Crippen LogP contribution in [-0.4, -0.2) is 24.0 Å². The average molecular weight is 273 g/mol. The number of rotatable bonds is 7. The first-order chi connectivity index (χ1) is 9.84. The number of amides is 1. The molecule has 0 fully saturated rings. The van der Waals surface area contributed by atoms with Crippen molar-refractivity contribution in [1.82, 2.24) is 15.6 Å². The summed E-state index contributed by atoms with van der Waals surface area (Å²) in [5.41, 5.74) is 2.61. The van der Waals surface area contributed by atoms with Crippen LogP contribution in [0.5, 0.6) is 0 Å². The Kier molecular flexibility index (Phi) is 6.24. The Balaban J connectivity index is 1.55. The van der Waals surface area contributed by atoms with Crippen LogP contribution in [0.15, 0.2) is 36.2 Å². The van der Waals surface area contributed by atoms with Gasteiger partial charge in [-0.1, -0.05) is 11.6 Å². The molecule has 0 spiro atoms. The minimum atomic E-state index is 0.0411. The van der Waals surface area contributed by atoms with Crippen molar-refractivity contribution in [3.05, 3.63) is 41.7 Å². The highest BCUT2D eigenvalue weighted by Crippen LogP contribution is 2.19. The Morgan fingerprint density at radius 2 is 2.10 bits per heavy atom. The summed E-state index contributed by atoms with van der Waals surface area (Å²) in [7, 11) is 0. The fraction of sp³-hybridized carbons (Fsp3) is 0.500. The molecule has 2 N–H and O–H groups in total. The number of aromatic nitrogens is 1. The van der Waals surface area contributed by atoms with Gasteiger partial charge in [0.15, 0.2) is 0 Å². The average Bonchev–Trinajstić information content (AvgIpc) is 2.52. The molecule has 1 aliphatic carbocycles. The molecular formula is C16H23N3O. The molecule has 1 aromatic rings. The second-order valence-corrected chi connectivity index (χ2v) is 5.17. The Morgan fingerprint density at radius 1 is 1.25 bits per heavy atom. The SMILES string of the molecule is O=C(CNCCC1=CCCCC1)NCc1ccncc1. The Morgan fingerprint density at radius 3 is 2.85 bits per heavy atom. The minimum Gasteiger partial charge on any atom is -0.351 e. The third-order valence-corrected chi connectivity index (χ3v) is 3.53. The molecule has 1 amide bonds. The second-order valence-electron chi connectivity index (χ2n) is 5.17. The lowest BCUT2D eigenvalue weighted by Gasteiger charge is -2.12. The normalized spacial score (nSPS) is 14.7. The number of carbonyl (C=O) groups is 1. The largest absolute Gasteiger partial charge is 0.351 e. The molecular weight excluding hydrogens is 250 g/mol. The van der Waals surface area contributed by atoms with Crippen molar-refractivity contribution in [3.63, 3.8) is 0 Å². The predicted molar refractivity (Wildman–Crippen MR) is 80.1 cm³/mol. The van der Waals surface area contributed by atoms with Gasteiger partial charge < -0.3 is 10.6 Å². The summed E-state index contributed by atoms with van der Waals surface area (Å²) < 4.78 is 0. The first-order valence-electron chi connectivity index (χ1n) is 7.39. The van der Waals surface area contributed by atoms with E-state index in [1.165, 1.54) is 25.7 Å². The van der Waals surface area contributed by atoms with E-state index in [-0.39, 0.29) is 5.91 Å². The van der Waals surface area contributed by atoms with Gasteiger partial charge in [0.2, 0.25) is 5.91 Å². The van der Waals surface area contributed by atoms with Crippen molar-refractivity contribution in [1.29, 1.82) is 0 Å². The van der Waals surface area contributed by atoms with Gasteiger partial charge in [-0.3, -0.25) is 9.78 Å². The molecule has 0 atom stereocenters. The van der Waals surface area contributed by atoms with Crippen molar-refractivity contribution in [2.75, 3.05) is 13.1 Å². The van der Waals surface area contributed by atoms with Gasteiger partial charge in [-0.05, 0) is 56.3 Å². The quantitative estimate of drug-likeness (QED) is 0.591. The number of pyridine rings is 1. The van der Waals surface area contributed by atoms with Crippen LogP contribution in [0.2, 0.25) is 0 Å². The first-order valence-corrected chi connectivity index (χ1v) is 7.39. The van der Waals surface area contributed by atoms with Gasteiger partial charge in [0.25, 0.3) is 0 Å². The van der Waals surface area contributed by atoms with Crippen molar-refractivity contribution in [2.45, 2.75) is 38.6 Å². The third-order valence-electron chi connectivity index (χ3n) is 3.53. The summed E-state index contributed by atoms with van der Waals surface area (Å²) in [6, 6.07) is 3.81. The summed E-state index contributed by atoms with van der Waals surface area (Å²) in [5.74, 6) is 0.0411. The van der Waals surface area contributed by atoms with E-state index in [1.54, 1.807) is 18.0 Å². The highest BCUT2D eigenvalue weighted by molar-refractivity contribution is 5.77. The Bertz CT molecular complexity index is 442. The van der Waals surface area contributed by atoms with E-state index >= 15 is 0 Å². The van der Waals surface area contributed by atoms with Gasteiger partial charge >= 0.3 is 0 Å². The Hall–Kier alpha value is -1.68. The van der Waals surface area contributed by atoms with E-state index in [0.717, 1.165) is 18.5 Å². The molecule has 1 aromatic heterocycles. The third kappa shape index (κ3) is 5.53. The van der Waals surface area contributed by atoms with E-state index in [2.05, 4.69) is 21.7 Å². The molecule has 1 aliphatic rings. The van der Waals surface area contributed by atoms with Crippen LogP contribution >= 0.6 is 0 Å². The van der Waals surface area contributed by atoms with Crippen molar-refractivity contribution >= 4 is 5.91 Å². The maximum absolute atomic E-state index is 11.7. The topological polar surface area (TPSA) is 54.0 Å². The van der Waals surface area contributed by atoms with Gasteiger partial charge in [0.1, 0.15) is 0 Å². The van der Waals surface area contributed by atoms with Gasteiger partial charge in [0, 0.05) is 18.9 Å². The number of nitrogens with one attached hydrogen (secondary N) is 2. The summed E-state index contributed by atoms with van der Waals surface area (Å²) in [6.45, 7) is 1.83. The molecule has 1 heterocycles. The van der Waals surface area contributed by atoms with Gasteiger partial charge in [-0.25, -0.2) is 0 Å². The van der Waals surface area contributed by atoms with Crippen molar-refractivity contribution < 1.29 is 4.79 Å². The zero-order valence-corrected chi connectivity index (χ0v) is 11.9. The smallest absolute Gasteiger partial charge is 0.234 e. The monoisotopic (exact) mass is 273 g/mol. The maximum Gasteiger partial charge on any atom is 0.234 e. The summed E-state index contributed by atoms with van der Waals surface area (Å²) in [6.07, 6.45) is 12.0. The molecule has 4 heteroatoms. The molecule has 20 heavy (non-hydrogen) atoms. The summed E-state index contributed by atoms with van der Waals surface area (Å²) >= 11 is 0. The molecule has 0 unspecified atom stereocenters. The lowest BCUT2D eigenvalue weighted by molar-refractivity contribution is -0.120. The molecule has 0 saturated heterocycles. The lowest BCUT2D eigenvalue weighted by Crippen LogP contribution is -2.34. The molecule has 0 radical (unpaired) electrons.